The summed E-state index contributed by atoms with van der Waals surface area (Å²) in [6.07, 6.45) is 7.63. The van der Waals surface area contributed by atoms with Gasteiger partial charge in [0.1, 0.15) is 0 Å². The molecule has 1 aliphatic heterocycles. The minimum Gasteiger partial charge on any atom is -0.258 e. The Morgan fingerprint density at radius 1 is 0.659 bits per heavy atom. The summed E-state index contributed by atoms with van der Waals surface area (Å²) in [6.45, 7) is 0. The van der Waals surface area contributed by atoms with Gasteiger partial charge in [0.05, 0.1) is 55.7 Å². The van der Waals surface area contributed by atoms with Crippen molar-refractivity contribution < 1.29 is 19.7 Å². The van der Waals surface area contributed by atoms with Gasteiger partial charge < -0.3 is 0 Å². The van der Waals surface area contributed by atoms with Crippen LogP contribution in [0.25, 0.3) is 28.9 Å². The molecular weight excluding hydrogens is 633 g/mol. The summed E-state index contributed by atoms with van der Waals surface area (Å²) >= 11 is 8.03. The summed E-state index contributed by atoms with van der Waals surface area (Å²) in [5.41, 5.74) is -2.76. The van der Waals surface area contributed by atoms with E-state index in [-0.39, 0.29) is 27.8 Å². The fourth-order valence-electron chi connectivity index (χ4n) is 4.35. The summed E-state index contributed by atoms with van der Waals surface area (Å²) in [6, 6.07) is 7.33. The molecule has 0 N–H and O–H groups in total. The average Bonchev–Trinajstić information content (AvgIpc) is 3.63. The van der Waals surface area contributed by atoms with E-state index in [1.165, 1.54) is 19.8 Å². The molecule has 12 nitrogen and oxygen atoms in total. The van der Waals surface area contributed by atoms with Crippen molar-refractivity contribution >= 4 is 98.9 Å². The van der Waals surface area contributed by atoms with Crippen molar-refractivity contribution in [3.8, 4) is 11.1 Å². The van der Waals surface area contributed by atoms with Gasteiger partial charge in [-0.1, -0.05) is 23.5 Å². The molecule has 41 heavy (non-hydrogen) atoms. The van der Waals surface area contributed by atoms with Gasteiger partial charge in [-0.15, -0.1) is 34.9 Å². The molecule has 2 heterocycles. The van der Waals surface area contributed by atoms with Gasteiger partial charge in [0.2, 0.25) is 0 Å². The van der Waals surface area contributed by atoms with Gasteiger partial charge in [-0.25, -0.2) is 0 Å². The van der Waals surface area contributed by atoms with Gasteiger partial charge in [-0.05, 0) is 42.4 Å². The summed E-state index contributed by atoms with van der Waals surface area (Å²) < 4.78 is 3.49. The molecule has 0 amide bonds. The molecule has 17 heteroatoms. The summed E-state index contributed by atoms with van der Waals surface area (Å²) in [5, 5.41) is 47.3. The van der Waals surface area contributed by atoms with E-state index in [1.807, 2.05) is 24.7 Å². The third-order valence-electron chi connectivity index (χ3n) is 5.97. The molecule has 0 fully saturated rings. The SMILES string of the molecule is CSC1=C(SC)SC(=Cc2ccc(C=C3c4cc([N+](=O)[O-])cc([N+](=O)[O-])c4-c4c3cc([N+](=O)[O-])cc4[N+](=O)[O-])s2)S1. The van der Waals surface area contributed by atoms with Crippen LogP contribution in [-0.4, -0.2) is 32.2 Å². The monoisotopic (exact) mass is 646 g/mol. The number of fused-ring (bicyclic) bond motifs is 3. The number of nitro groups is 4. The van der Waals surface area contributed by atoms with Crippen molar-refractivity contribution in [1.82, 2.24) is 0 Å². The van der Waals surface area contributed by atoms with Gasteiger partial charge in [0.15, 0.2) is 0 Å². The molecule has 0 spiro atoms. The molecule has 0 radical (unpaired) electrons. The topological polar surface area (TPSA) is 173 Å². The highest BCUT2D eigenvalue weighted by molar-refractivity contribution is 8.40. The van der Waals surface area contributed by atoms with E-state index in [9.17, 15) is 40.5 Å². The van der Waals surface area contributed by atoms with Crippen LogP contribution in [0.4, 0.5) is 22.7 Å². The molecule has 0 saturated carbocycles. The second-order valence-electron chi connectivity index (χ2n) is 8.25. The molecule has 1 aromatic heterocycles. The number of hydrogen-bond donors (Lipinski definition) is 0. The molecule has 1 aliphatic carbocycles. The predicted octanol–water partition coefficient (Wildman–Crippen LogP) is 8.58. The van der Waals surface area contributed by atoms with Gasteiger partial charge >= 0.3 is 0 Å². The molecule has 0 atom stereocenters. The Labute approximate surface area is 251 Å². The first-order valence-corrected chi connectivity index (χ1v) is 16.1. The zero-order valence-corrected chi connectivity index (χ0v) is 24.8. The first-order chi connectivity index (χ1) is 19.5. The maximum atomic E-state index is 12.0. The fourth-order valence-corrected chi connectivity index (χ4v) is 10.3. The number of thioether (sulfide) groups is 4. The molecule has 0 bridgehead atoms. The predicted molar refractivity (Wildman–Crippen MR) is 167 cm³/mol. The summed E-state index contributed by atoms with van der Waals surface area (Å²) in [7, 11) is 0. The Balaban J connectivity index is 1.71. The van der Waals surface area contributed by atoms with Crippen LogP contribution >= 0.6 is 58.4 Å². The third kappa shape index (κ3) is 5.38. The van der Waals surface area contributed by atoms with Crippen LogP contribution in [0, 0.1) is 40.5 Å². The summed E-state index contributed by atoms with van der Waals surface area (Å²) in [4.78, 5) is 45.5. The zero-order valence-electron chi connectivity index (χ0n) is 20.7. The minimum absolute atomic E-state index is 0.0122. The Morgan fingerprint density at radius 2 is 1.10 bits per heavy atom. The minimum atomic E-state index is -0.851. The highest BCUT2D eigenvalue weighted by Gasteiger charge is 2.40. The number of hydrogen-bond acceptors (Lipinski definition) is 13. The number of thiophene rings is 1. The van der Waals surface area contributed by atoms with E-state index in [1.54, 1.807) is 59.2 Å². The van der Waals surface area contributed by atoms with Crippen molar-refractivity contribution in [1.29, 1.82) is 0 Å². The lowest BCUT2D eigenvalue weighted by molar-refractivity contribution is -0.395. The average molecular weight is 647 g/mol. The van der Waals surface area contributed by atoms with E-state index in [0.717, 1.165) is 33.4 Å². The van der Waals surface area contributed by atoms with E-state index in [0.29, 0.717) is 4.88 Å². The van der Waals surface area contributed by atoms with Crippen LogP contribution in [0.15, 0.2) is 49.1 Å². The van der Waals surface area contributed by atoms with Gasteiger partial charge in [0, 0.05) is 33.0 Å². The second-order valence-corrected chi connectivity index (χ2v) is 13.9. The zero-order chi connectivity index (χ0) is 29.6. The quantitative estimate of drug-likeness (QED) is 0.132. The third-order valence-corrected chi connectivity index (χ3v) is 12.0. The Hall–Kier alpha value is -3.64. The molecule has 2 aromatic carbocycles. The highest BCUT2D eigenvalue weighted by Crippen LogP contribution is 2.57. The van der Waals surface area contributed by atoms with E-state index < -0.39 is 42.4 Å². The van der Waals surface area contributed by atoms with Crippen LogP contribution in [0.2, 0.25) is 0 Å². The largest absolute Gasteiger partial charge is 0.284 e. The summed E-state index contributed by atoms with van der Waals surface area (Å²) in [5.74, 6) is 0. The first-order valence-electron chi connectivity index (χ1n) is 11.2. The smallest absolute Gasteiger partial charge is 0.258 e. The van der Waals surface area contributed by atoms with Crippen molar-refractivity contribution in [2.45, 2.75) is 0 Å². The van der Waals surface area contributed by atoms with E-state index in [4.69, 9.17) is 0 Å². The molecule has 0 unspecified atom stereocenters. The van der Waals surface area contributed by atoms with Crippen LogP contribution in [-0.2, 0) is 0 Å². The lowest BCUT2D eigenvalue weighted by Gasteiger charge is -2.04. The maximum Gasteiger partial charge on any atom is 0.284 e. The van der Waals surface area contributed by atoms with Crippen molar-refractivity contribution in [3.63, 3.8) is 0 Å². The van der Waals surface area contributed by atoms with Crippen LogP contribution in [0.1, 0.15) is 20.9 Å². The van der Waals surface area contributed by atoms with Crippen LogP contribution < -0.4 is 0 Å². The van der Waals surface area contributed by atoms with Gasteiger partial charge in [-0.3, -0.25) is 40.5 Å². The maximum absolute atomic E-state index is 12.0. The van der Waals surface area contributed by atoms with Crippen LogP contribution in [0.5, 0.6) is 0 Å². The Kier molecular flexibility index (Phi) is 7.97. The lowest BCUT2D eigenvalue weighted by Crippen LogP contribution is -1.99. The molecule has 0 saturated heterocycles. The van der Waals surface area contributed by atoms with Crippen molar-refractivity contribution in [3.05, 3.63) is 110 Å². The molecule has 208 valence electrons. The molecule has 2 aliphatic rings. The highest BCUT2D eigenvalue weighted by atomic mass is 32.3. The fraction of sp³-hybridized carbons (Fsp3) is 0.0833. The van der Waals surface area contributed by atoms with Gasteiger partial charge in [-0.2, -0.15) is 0 Å². The lowest BCUT2D eigenvalue weighted by atomic mass is 10.0. The van der Waals surface area contributed by atoms with Crippen molar-refractivity contribution in [2.75, 3.05) is 12.5 Å². The standard InChI is InChI=1S/C24H14N4O8S5/c1-37-23-24(38-2)41-20(40-23)10-14-4-3-13(39-14)9-15-16-5-11(25(29)30)7-18(27(33)34)21(16)22-17(15)6-12(26(31)32)8-19(22)28(35)36/h3-10H,1-2H3. The molecular formula is C24H14N4O8S5. The van der Waals surface area contributed by atoms with Gasteiger partial charge in [0.25, 0.3) is 22.7 Å². The Bertz CT molecular complexity index is 1690. The first kappa shape index (κ1) is 28.9. The number of rotatable bonds is 8. The van der Waals surface area contributed by atoms with E-state index in [2.05, 4.69) is 0 Å². The number of non-ortho nitro benzene ring substituents is 2. The van der Waals surface area contributed by atoms with Crippen molar-refractivity contribution in [2.24, 2.45) is 0 Å². The Morgan fingerprint density at radius 3 is 1.49 bits per heavy atom. The normalized spacial score (nSPS) is 13.7. The second kappa shape index (κ2) is 11.3. The number of nitro benzene ring substituents is 4. The number of nitrogens with zero attached hydrogens (tertiary/aromatic N) is 4. The molecule has 3 aromatic rings. The number of benzene rings is 2. The van der Waals surface area contributed by atoms with Crippen LogP contribution in [0.3, 0.4) is 0 Å². The van der Waals surface area contributed by atoms with E-state index >= 15 is 0 Å². The molecule has 5 rings (SSSR count).